The molecule has 1 amide bonds. The van der Waals surface area contributed by atoms with Crippen molar-refractivity contribution in [2.75, 3.05) is 44.2 Å². The smallest absolute Gasteiger partial charge is 0.251 e. The number of hydrogen-bond acceptors (Lipinski definition) is 3. The molecular weight excluding hydrogens is 386 g/mol. The van der Waals surface area contributed by atoms with Crippen LogP contribution in [0.15, 0.2) is 48.7 Å². The van der Waals surface area contributed by atoms with Gasteiger partial charge in [0.15, 0.2) is 0 Å². The summed E-state index contributed by atoms with van der Waals surface area (Å²) in [4.78, 5) is 19.7. The lowest BCUT2D eigenvalue weighted by molar-refractivity contribution is 0.0952. The van der Waals surface area contributed by atoms with Gasteiger partial charge in [-0.15, -0.1) is 0 Å². The molecular formula is C23H26F2N4O. The average molecular weight is 412 g/mol. The minimum atomic E-state index is -0.549. The minimum Gasteiger partial charge on any atom is -0.367 e. The maximum absolute atomic E-state index is 13.9. The van der Waals surface area contributed by atoms with E-state index in [1.165, 1.54) is 12.1 Å². The largest absolute Gasteiger partial charge is 0.367 e. The van der Waals surface area contributed by atoms with Gasteiger partial charge in [-0.3, -0.25) is 9.69 Å². The van der Waals surface area contributed by atoms with E-state index in [0.29, 0.717) is 17.8 Å². The van der Waals surface area contributed by atoms with Crippen molar-refractivity contribution in [2.45, 2.75) is 12.8 Å². The molecule has 0 saturated carbocycles. The number of rotatable bonds is 7. The van der Waals surface area contributed by atoms with Crippen molar-refractivity contribution in [3.05, 3.63) is 65.9 Å². The normalized spacial score (nSPS) is 14.9. The van der Waals surface area contributed by atoms with Gasteiger partial charge in [-0.25, -0.2) is 8.78 Å². The molecule has 5 nitrogen and oxygen atoms in total. The van der Waals surface area contributed by atoms with Gasteiger partial charge in [0.1, 0.15) is 11.6 Å². The van der Waals surface area contributed by atoms with Crippen molar-refractivity contribution in [3.8, 4) is 0 Å². The summed E-state index contributed by atoms with van der Waals surface area (Å²) in [5.41, 5.74) is 2.09. The lowest BCUT2D eigenvalue weighted by Crippen LogP contribution is -2.47. The van der Waals surface area contributed by atoms with Gasteiger partial charge in [-0.1, -0.05) is 6.07 Å². The highest BCUT2D eigenvalue weighted by Gasteiger charge is 2.19. The Balaban J connectivity index is 1.15. The monoisotopic (exact) mass is 412 g/mol. The maximum atomic E-state index is 13.9. The first kappa shape index (κ1) is 20.3. The van der Waals surface area contributed by atoms with Crippen LogP contribution in [-0.4, -0.2) is 55.1 Å². The first-order chi connectivity index (χ1) is 14.6. The molecule has 1 aromatic heterocycles. The van der Waals surface area contributed by atoms with Crippen LogP contribution in [0.2, 0.25) is 0 Å². The van der Waals surface area contributed by atoms with E-state index in [9.17, 15) is 13.6 Å². The number of benzene rings is 2. The van der Waals surface area contributed by atoms with E-state index < -0.39 is 11.6 Å². The quantitative estimate of drug-likeness (QED) is 0.581. The Kier molecular flexibility index (Phi) is 6.28. The number of hydrogen-bond donors (Lipinski definition) is 2. The number of carbonyl (C=O) groups excluding carboxylic acids is 1. The summed E-state index contributed by atoms with van der Waals surface area (Å²) in [5.74, 6) is -1.11. The Labute approximate surface area is 174 Å². The summed E-state index contributed by atoms with van der Waals surface area (Å²) in [6.45, 7) is 4.73. The number of anilines is 1. The van der Waals surface area contributed by atoms with E-state index in [2.05, 4.69) is 15.2 Å². The number of halogens is 2. The Morgan fingerprint density at radius 2 is 1.83 bits per heavy atom. The Bertz CT molecular complexity index is 1010. The minimum absolute atomic E-state index is 0.0542. The van der Waals surface area contributed by atoms with Crippen molar-refractivity contribution in [2.24, 2.45) is 0 Å². The maximum Gasteiger partial charge on any atom is 0.251 e. The molecule has 0 bridgehead atoms. The Hall–Kier alpha value is -2.93. The summed E-state index contributed by atoms with van der Waals surface area (Å²) >= 11 is 0. The third kappa shape index (κ3) is 4.79. The molecule has 158 valence electrons. The highest BCUT2D eigenvalue weighted by molar-refractivity contribution is 5.97. The Morgan fingerprint density at radius 3 is 2.63 bits per heavy atom. The number of nitrogens with one attached hydrogen (secondary N) is 2. The summed E-state index contributed by atoms with van der Waals surface area (Å²) in [5, 5.41) is 4.07. The lowest BCUT2D eigenvalue weighted by atomic mass is 10.1. The van der Waals surface area contributed by atoms with Crippen LogP contribution in [0.25, 0.3) is 10.9 Å². The molecule has 1 aliphatic rings. The zero-order chi connectivity index (χ0) is 20.9. The van der Waals surface area contributed by atoms with Crippen LogP contribution in [0, 0.1) is 11.6 Å². The molecule has 0 radical (unpaired) electrons. The van der Waals surface area contributed by atoms with E-state index in [1.54, 1.807) is 0 Å². The van der Waals surface area contributed by atoms with Gasteiger partial charge in [-0.2, -0.15) is 0 Å². The second-order valence-electron chi connectivity index (χ2n) is 7.67. The topological polar surface area (TPSA) is 51.4 Å². The molecule has 1 fully saturated rings. The molecule has 2 aromatic carbocycles. The third-order valence-electron chi connectivity index (χ3n) is 5.63. The molecule has 3 aromatic rings. The molecule has 0 aliphatic carbocycles. The molecule has 30 heavy (non-hydrogen) atoms. The summed E-state index contributed by atoms with van der Waals surface area (Å²) in [6, 6.07) is 11.4. The molecule has 0 spiro atoms. The summed E-state index contributed by atoms with van der Waals surface area (Å²) in [6.07, 6.45) is 3.76. The molecule has 2 heterocycles. The van der Waals surface area contributed by atoms with Gasteiger partial charge >= 0.3 is 0 Å². The van der Waals surface area contributed by atoms with Crippen LogP contribution >= 0.6 is 0 Å². The Morgan fingerprint density at radius 1 is 1.00 bits per heavy atom. The zero-order valence-electron chi connectivity index (χ0n) is 16.8. The fourth-order valence-electron chi connectivity index (χ4n) is 3.90. The highest BCUT2D eigenvalue weighted by atomic mass is 19.1. The van der Waals surface area contributed by atoms with Crippen LogP contribution < -0.4 is 10.2 Å². The second-order valence-corrected chi connectivity index (χ2v) is 7.67. The summed E-state index contributed by atoms with van der Waals surface area (Å²) in [7, 11) is 0. The van der Waals surface area contributed by atoms with E-state index in [1.807, 2.05) is 35.4 Å². The summed E-state index contributed by atoms with van der Waals surface area (Å²) < 4.78 is 27.0. The molecule has 0 atom stereocenters. The number of fused-ring (bicyclic) bond motifs is 1. The first-order valence-corrected chi connectivity index (χ1v) is 10.4. The fraction of sp³-hybridized carbons (Fsp3) is 0.348. The second kappa shape index (κ2) is 9.26. The highest BCUT2D eigenvalue weighted by Crippen LogP contribution is 2.21. The molecule has 1 saturated heterocycles. The zero-order valence-corrected chi connectivity index (χ0v) is 16.8. The number of aromatic nitrogens is 1. The molecule has 0 unspecified atom stereocenters. The van der Waals surface area contributed by atoms with Crippen LogP contribution in [0.4, 0.5) is 14.5 Å². The number of unbranched alkanes of at least 4 members (excludes halogenated alkanes) is 1. The lowest BCUT2D eigenvalue weighted by Gasteiger charge is -2.36. The molecule has 7 heteroatoms. The van der Waals surface area contributed by atoms with E-state index in [-0.39, 0.29) is 5.91 Å². The van der Waals surface area contributed by atoms with Crippen molar-refractivity contribution < 1.29 is 13.6 Å². The van der Waals surface area contributed by atoms with Crippen LogP contribution in [0.1, 0.15) is 23.2 Å². The van der Waals surface area contributed by atoms with E-state index in [0.717, 1.165) is 62.5 Å². The van der Waals surface area contributed by atoms with E-state index >= 15 is 0 Å². The van der Waals surface area contributed by atoms with Gasteiger partial charge < -0.3 is 15.2 Å². The molecule has 4 rings (SSSR count). The number of piperazine rings is 1. The van der Waals surface area contributed by atoms with Gasteiger partial charge in [0.05, 0.1) is 5.69 Å². The fourth-order valence-corrected chi connectivity index (χ4v) is 3.90. The number of H-pyrrole nitrogens is 1. The molecule has 1 aliphatic heterocycles. The van der Waals surface area contributed by atoms with E-state index in [4.69, 9.17) is 0 Å². The molecule has 2 N–H and O–H groups in total. The standard InChI is InChI=1S/C23H26F2N4O/c24-19-5-6-22(20(25)16-19)29-13-11-28(12-14-29)10-2-1-8-27-23(30)18-4-3-17-7-9-26-21(17)15-18/h3-7,9,15-16,26H,1-2,8,10-14H2,(H,27,30). The number of nitrogens with zero attached hydrogens (tertiary/aromatic N) is 2. The van der Waals surface area contributed by atoms with Crippen LogP contribution in [0.5, 0.6) is 0 Å². The van der Waals surface area contributed by atoms with Crippen molar-refractivity contribution in [3.63, 3.8) is 0 Å². The SMILES string of the molecule is O=C(NCCCCN1CCN(c2ccc(F)cc2F)CC1)c1ccc2cc[nH]c2c1. The van der Waals surface area contributed by atoms with Crippen molar-refractivity contribution >= 4 is 22.5 Å². The number of carbonyl (C=O) groups is 1. The number of aromatic amines is 1. The third-order valence-corrected chi connectivity index (χ3v) is 5.63. The average Bonchev–Trinajstić information content (AvgIpc) is 3.22. The van der Waals surface area contributed by atoms with Gasteiger partial charge in [0.2, 0.25) is 0 Å². The predicted molar refractivity (Wildman–Crippen MR) is 115 cm³/mol. The van der Waals surface area contributed by atoms with Gasteiger partial charge in [0.25, 0.3) is 5.91 Å². The number of amides is 1. The van der Waals surface area contributed by atoms with Crippen molar-refractivity contribution in [1.82, 2.24) is 15.2 Å². The van der Waals surface area contributed by atoms with Crippen LogP contribution in [0.3, 0.4) is 0 Å². The predicted octanol–water partition coefficient (Wildman–Crippen LogP) is 3.78. The first-order valence-electron chi connectivity index (χ1n) is 10.4. The van der Waals surface area contributed by atoms with Gasteiger partial charge in [-0.05, 0) is 55.1 Å². The van der Waals surface area contributed by atoms with Crippen LogP contribution in [-0.2, 0) is 0 Å². The van der Waals surface area contributed by atoms with Gasteiger partial charge in [0, 0.05) is 56.1 Å². The van der Waals surface area contributed by atoms with Crippen molar-refractivity contribution in [1.29, 1.82) is 0 Å².